The summed E-state index contributed by atoms with van der Waals surface area (Å²) in [6.07, 6.45) is 3.04. The van der Waals surface area contributed by atoms with Gasteiger partial charge in [0.15, 0.2) is 21.3 Å². The van der Waals surface area contributed by atoms with Gasteiger partial charge < -0.3 is 9.64 Å². The van der Waals surface area contributed by atoms with Crippen LogP contribution in [-0.2, 0) is 29.5 Å². The Bertz CT molecular complexity index is 1190. The molecule has 174 valence electrons. The summed E-state index contributed by atoms with van der Waals surface area (Å²) in [5.74, 6) is 0.978. The second-order valence-corrected chi connectivity index (χ2v) is 9.69. The normalized spacial score (nSPS) is 19.4. The van der Waals surface area contributed by atoms with Gasteiger partial charge in [-0.15, -0.1) is 0 Å². The topological polar surface area (TPSA) is 80.6 Å². The van der Waals surface area contributed by atoms with Crippen LogP contribution in [0.1, 0.15) is 30.7 Å². The van der Waals surface area contributed by atoms with Crippen LogP contribution < -0.4 is 10.5 Å². The van der Waals surface area contributed by atoms with Crippen LogP contribution in [0.4, 0.5) is 5.13 Å². The highest BCUT2D eigenvalue weighted by Crippen LogP contribution is 2.32. The van der Waals surface area contributed by atoms with E-state index in [2.05, 4.69) is 26.9 Å². The maximum atomic E-state index is 13.1. The molecule has 2 aliphatic heterocycles. The fourth-order valence-corrected chi connectivity index (χ4v) is 5.64. The molecule has 0 N–H and O–H groups in total. The van der Waals surface area contributed by atoms with Gasteiger partial charge in [-0.25, -0.2) is 9.97 Å². The lowest BCUT2D eigenvalue weighted by Gasteiger charge is -2.26. The number of thiazole rings is 1. The van der Waals surface area contributed by atoms with Crippen LogP contribution >= 0.6 is 11.3 Å². The van der Waals surface area contributed by atoms with Gasteiger partial charge in [-0.3, -0.25) is 19.1 Å². The van der Waals surface area contributed by atoms with E-state index in [1.54, 1.807) is 11.6 Å². The Morgan fingerprint density at radius 2 is 1.94 bits per heavy atom. The number of nitrogens with zero attached hydrogens (tertiary/aromatic N) is 5. The summed E-state index contributed by atoms with van der Waals surface area (Å²) in [5.41, 5.74) is 1.44. The van der Waals surface area contributed by atoms with E-state index < -0.39 is 0 Å². The predicted molar refractivity (Wildman–Crippen MR) is 129 cm³/mol. The molecule has 0 aliphatic carbocycles. The number of carbonyl (C=O) groups is 1. The Labute approximate surface area is 196 Å². The number of aryl methyl sites for hydroxylation is 1. The largest absolute Gasteiger partial charge is 0.379 e. The first kappa shape index (κ1) is 22.2. The molecule has 2 saturated heterocycles. The quantitative estimate of drug-likeness (QED) is 0.528. The summed E-state index contributed by atoms with van der Waals surface area (Å²) in [6.45, 7) is 4.47. The fourth-order valence-electron chi connectivity index (χ4n) is 4.62. The van der Waals surface area contributed by atoms with Crippen LogP contribution in [0.5, 0.6) is 0 Å². The maximum absolute atomic E-state index is 13.1. The van der Waals surface area contributed by atoms with Crippen molar-refractivity contribution in [3.05, 3.63) is 52.1 Å². The zero-order chi connectivity index (χ0) is 22.8. The molecule has 0 bridgehead atoms. The van der Waals surface area contributed by atoms with Gasteiger partial charge in [0, 0.05) is 33.1 Å². The minimum atomic E-state index is -0.175. The number of Topliss-reactive ketones (excluding diaryl/α,β-unsaturated/α-hetero) is 1. The molecule has 2 aliphatic rings. The minimum Gasteiger partial charge on any atom is -0.379 e. The average Bonchev–Trinajstić information content (AvgIpc) is 3.49. The Morgan fingerprint density at radius 1 is 1.15 bits per heavy atom. The highest BCUT2D eigenvalue weighted by Gasteiger charge is 2.32. The third-order valence-corrected chi connectivity index (χ3v) is 7.55. The molecular weight excluding hydrogens is 438 g/mol. The molecule has 2 aromatic heterocycles. The lowest BCUT2D eigenvalue weighted by Crippen LogP contribution is -2.37. The van der Waals surface area contributed by atoms with Crippen molar-refractivity contribution >= 4 is 32.6 Å². The molecule has 0 saturated carbocycles. The molecule has 1 aromatic carbocycles. The number of ether oxygens (including phenoxy) is 1. The molecule has 0 radical (unpaired) electrons. The van der Waals surface area contributed by atoms with E-state index >= 15 is 0 Å². The molecule has 8 nitrogen and oxygen atoms in total. The smallest absolute Gasteiger partial charge is 0.280 e. The van der Waals surface area contributed by atoms with Crippen LogP contribution in [0.15, 0.2) is 35.1 Å². The third-order valence-electron chi connectivity index (χ3n) is 6.56. The highest BCUT2D eigenvalue weighted by molar-refractivity contribution is 7.21. The lowest BCUT2D eigenvalue weighted by molar-refractivity contribution is -0.120. The van der Waals surface area contributed by atoms with E-state index in [0.29, 0.717) is 36.5 Å². The first-order valence-corrected chi connectivity index (χ1v) is 12.4. The van der Waals surface area contributed by atoms with Crippen LogP contribution in [-0.4, -0.2) is 64.1 Å². The van der Waals surface area contributed by atoms with Gasteiger partial charge in [0.2, 0.25) is 0 Å². The molecule has 5 rings (SSSR count). The van der Waals surface area contributed by atoms with Crippen LogP contribution in [0.3, 0.4) is 0 Å². The number of carbonyl (C=O) groups excluding carboxylic acids is 1. The second-order valence-electron chi connectivity index (χ2n) is 8.73. The molecule has 3 aromatic rings. The van der Waals surface area contributed by atoms with E-state index in [1.807, 2.05) is 18.2 Å². The summed E-state index contributed by atoms with van der Waals surface area (Å²) in [7, 11) is 1.76. The number of ketones is 1. The van der Waals surface area contributed by atoms with E-state index in [1.165, 1.54) is 16.9 Å². The summed E-state index contributed by atoms with van der Waals surface area (Å²) >= 11 is 1.42. The SMILES string of the molecule is Cn1c(CN2CCOCC2)nc2sc(N3CCC[C@@H]3C(=O)CCc3ccccc3)nc2c1=O. The summed E-state index contributed by atoms with van der Waals surface area (Å²) in [6, 6.07) is 9.94. The number of morpholine rings is 1. The third kappa shape index (κ3) is 4.71. The summed E-state index contributed by atoms with van der Waals surface area (Å²) < 4.78 is 7.03. The van der Waals surface area contributed by atoms with Crippen LogP contribution in [0.2, 0.25) is 0 Å². The Morgan fingerprint density at radius 3 is 2.73 bits per heavy atom. The fraction of sp³-hybridized carbons (Fsp3) is 0.500. The Balaban J connectivity index is 1.35. The first-order chi connectivity index (χ1) is 16.1. The van der Waals surface area contributed by atoms with Crippen LogP contribution in [0, 0.1) is 0 Å². The monoisotopic (exact) mass is 467 g/mol. The molecule has 0 amide bonds. The van der Waals surface area contributed by atoms with Crippen molar-refractivity contribution in [1.29, 1.82) is 0 Å². The zero-order valence-electron chi connectivity index (χ0n) is 18.9. The van der Waals surface area contributed by atoms with E-state index in [-0.39, 0.29) is 17.4 Å². The van der Waals surface area contributed by atoms with Crippen LogP contribution in [0.25, 0.3) is 10.3 Å². The average molecular weight is 468 g/mol. The number of rotatable bonds is 7. The molecule has 0 spiro atoms. The van der Waals surface area contributed by atoms with Crippen molar-refractivity contribution in [1.82, 2.24) is 19.4 Å². The predicted octanol–water partition coefficient (Wildman–Crippen LogP) is 2.39. The van der Waals surface area contributed by atoms with Gasteiger partial charge in [-0.05, 0) is 24.8 Å². The van der Waals surface area contributed by atoms with Crippen molar-refractivity contribution in [3.63, 3.8) is 0 Å². The van der Waals surface area contributed by atoms with Crippen molar-refractivity contribution in [3.8, 4) is 0 Å². The second kappa shape index (κ2) is 9.70. The molecule has 1 atom stereocenters. The van der Waals surface area contributed by atoms with Crippen molar-refractivity contribution < 1.29 is 9.53 Å². The van der Waals surface area contributed by atoms with Gasteiger partial charge in [-0.2, -0.15) is 0 Å². The highest BCUT2D eigenvalue weighted by atomic mass is 32.1. The summed E-state index contributed by atoms with van der Waals surface area (Å²) in [5, 5.41) is 0.730. The number of anilines is 1. The molecule has 0 unspecified atom stereocenters. The van der Waals surface area contributed by atoms with Gasteiger partial charge in [0.25, 0.3) is 5.56 Å². The molecular formula is C24H29N5O3S. The first-order valence-electron chi connectivity index (χ1n) is 11.6. The number of aromatic nitrogens is 3. The van der Waals surface area contributed by atoms with Gasteiger partial charge in [0.05, 0.1) is 25.8 Å². The van der Waals surface area contributed by atoms with E-state index in [4.69, 9.17) is 9.72 Å². The number of fused-ring (bicyclic) bond motifs is 1. The van der Waals surface area contributed by atoms with E-state index in [0.717, 1.165) is 49.9 Å². The van der Waals surface area contributed by atoms with Gasteiger partial charge in [-0.1, -0.05) is 41.7 Å². The molecule has 4 heterocycles. The summed E-state index contributed by atoms with van der Waals surface area (Å²) in [4.78, 5) is 40.5. The van der Waals surface area contributed by atoms with Gasteiger partial charge in [0.1, 0.15) is 5.82 Å². The zero-order valence-corrected chi connectivity index (χ0v) is 19.7. The molecule has 2 fully saturated rings. The standard InChI is InChI=1S/C24H29N5O3S/c1-27-20(16-28-12-14-32-15-13-28)25-22-21(23(27)31)26-24(33-22)29-11-5-8-18(29)19(30)10-9-17-6-3-2-4-7-17/h2-4,6-7,18H,5,8-16H2,1H3/t18-/m1/s1. The van der Waals surface area contributed by atoms with Crippen molar-refractivity contribution in [2.45, 2.75) is 38.3 Å². The number of hydrogen-bond acceptors (Lipinski definition) is 8. The van der Waals surface area contributed by atoms with Crippen molar-refractivity contribution in [2.75, 3.05) is 37.7 Å². The van der Waals surface area contributed by atoms with E-state index in [9.17, 15) is 9.59 Å². The number of benzene rings is 1. The lowest BCUT2D eigenvalue weighted by atomic mass is 10.0. The minimum absolute atomic E-state index is 0.128. The number of hydrogen-bond donors (Lipinski definition) is 0. The van der Waals surface area contributed by atoms with Crippen molar-refractivity contribution in [2.24, 2.45) is 7.05 Å². The molecule has 9 heteroatoms. The Hall–Kier alpha value is -2.62. The van der Waals surface area contributed by atoms with Gasteiger partial charge >= 0.3 is 0 Å². The molecule has 33 heavy (non-hydrogen) atoms. The Kier molecular flexibility index (Phi) is 6.52. The maximum Gasteiger partial charge on any atom is 0.280 e.